The van der Waals surface area contributed by atoms with E-state index in [0.29, 0.717) is 6.07 Å². The minimum Gasteiger partial charge on any atom is -0.425 e. The molecule has 0 heterocycles. The molecule has 0 fully saturated rings. The van der Waals surface area contributed by atoms with Crippen molar-refractivity contribution >= 4 is 5.97 Å². The quantitative estimate of drug-likeness (QED) is 0.551. The van der Waals surface area contributed by atoms with Crippen molar-refractivity contribution in [3.05, 3.63) is 29.8 Å². The number of hydrogen-bond donors (Lipinski definition) is 1. The predicted molar refractivity (Wildman–Crippen MR) is 41.0 cm³/mol. The molecule has 0 saturated heterocycles. The number of halogens is 2. The summed E-state index contributed by atoms with van der Waals surface area (Å²) in [6.07, 6.45) is 0. The summed E-state index contributed by atoms with van der Waals surface area (Å²) in [5.74, 6) is -2.54. The molecule has 1 rings (SSSR count). The number of esters is 1. The van der Waals surface area contributed by atoms with Crippen LogP contribution >= 0.6 is 0 Å². The maximum Gasteiger partial charge on any atom is 0.325 e. The minimum absolute atomic E-state index is 0.187. The average Bonchev–Trinajstić information content (AvgIpc) is 2.02. The van der Waals surface area contributed by atoms with Crippen molar-refractivity contribution in [2.45, 2.75) is 0 Å². The van der Waals surface area contributed by atoms with Crippen LogP contribution in [0.1, 0.15) is 0 Å². The van der Waals surface area contributed by atoms with E-state index in [2.05, 4.69) is 4.74 Å². The average molecular weight is 187 g/mol. The molecule has 0 saturated carbocycles. The molecule has 1 aromatic carbocycles. The Morgan fingerprint density at radius 3 is 2.31 bits per heavy atom. The summed E-state index contributed by atoms with van der Waals surface area (Å²) >= 11 is 0. The number of benzene rings is 1. The molecule has 2 N–H and O–H groups in total. The Kier molecular flexibility index (Phi) is 2.92. The predicted octanol–water partition coefficient (Wildman–Crippen LogP) is 0.829. The van der Waals surface area contributed by atoms with Crippen LogP contribution in [0, 0.1) is 11.6 Å². The fourth-order valence-electron chi connectivity index (χ4n) is 0.761. The molecule has 1 aromatic rings. The normalized spacial score (nSPS) is 9.77. The Balaban J connectivity index is 2.83. The zero-order valence-electron chi connectivity index (χ0n) is 6.59. The smallest absolute Gasteiger partial charge is 0.325 e. The van der Waals surface area contributed by atoms with Gasteiger partial charge >= 0.3 is 5.97 Å². The molecule has 0 aliphatic rings. The van der Waals surface area contributed by atoms with Gasteiger partial charge in [-0.05, 0) is 0 Å². The van der Waals surface area contributed by atoms with Gasteiger partial charge in [-0.25, -0.2) is 8.78 Å². The first kappa shape index (κ1) is 9.60. The third-order valence-corrected chi connectivity index (χ3v) is 1.23. The van der Waals surface area contributed by atoms with Crippen LogP contribution in [-0.2, 0) is 4.79 Å². The maximum atomic E-state index is 12.5. The summed E-state index contributed by atoms with van der Waals surface area (Å²) in [6.45, 7) is -0.335. The summed E-state index contributed by atoms with van der Waals surface area (Å²) < 4.78 is 29.5. The van der Waals surface area contributed by atoms with E-state index in [1.807, 2.05) is 0 Å². The molecule has 0 bridgehead atoms. The zero-order valence-corrected chi connectivity index (χ0v) is 6.59. The summed E-state index contributed by atoms with van der Waals surface area (Å²) in [5, 5.41) is 0. The van der Waals surface area contributed by atoms with Gasteiger partial charge in [0.2, 0.25) is 0 Å². The van der Waals surface area contributed by atoms with Crippen molar-refractivity contribution in [2.75, 3.05) is 6.54 Å². The SMILES string of the molecule is NCC(=O)Oc1cc(F)cc(F)c1. The molecular formula is C8H7F2NO2. The van der Waals surface area contributed by atoms with Crippen LogP contribution in [0.2, 0.25) is 0 Å². The highest BCUT2D eigenvalue weighted by Crippen LogP contribution is 2.15. The van der Waals surface area contributed by atoms with Crippen LogP contribution in [0.15, 0.2) is 18.2 Å². The number of carbonyl (C=O) groups excluding carboxylic acids is 1. The van der Waals surface area contributed by atoms with E-state index in [1.165, 1.54) is 0 Å². The lowest BCUT2D eigenvalue weighted by atomic mass is 10.3. The third kappa shape index (κ3) is 2.79. The second-order valence-electron chi connectivity index (χ2n) is 2.28. The van der Waals surface area contributed by atoms with E-state index in [9.17, 15) is 13.6 Å². The van der Waals surface area contributed by atoms with Gasteiger partial charge < -0.3 is 10.5 Å². The Labute approximate surface area is 73.1 Å². The van der Waals surface area contributed by atoms with Crippen molar-refractivity contribution in [1.29, 1.82) is 0 Å². The molecule has 0 aliphatic carbocycles. The standard InChI is InChI=1S/C8H7F2NO2/c9-5-1-6(10)3-7(2-5)13-8(12)4-11/h1-3H,4,11H2. The fraction of sp³-hybridized carbons (Fsp3) is 0.125. The van der Waals surface area contributed by atoms with E-state index in [4.69, 9.17) is 5.73 Å². The number of hydrogen-bond acceptors (Lipinski definition) is 3. The Hall–Kier alpha value is -1.49. The van der Waals surface area contributed by atoms with Gasteiger partial charge in [0.15, 0.2) is 0 Å². The lowest BCUT2D eigenvalue weighted by molar-refractivity contribution is -0.132. The molecule has 5 heteroatoms. The van der Waals surface area contributed by atoms with E-state index in [0.717, 1.165) is 12.1 Å². The van der Waals surface area contributed by atoms with E-state index in [1.54, 1.807) is 0 Å². The van der Waals surface area contributed by atoms with Crippen molar-refractivity contribution in [3.8, 4) is 5.75 Å². The van der Waals surface area contributed by atoms with Gasteiger partial charge in [-0.15, -0.1) is 0 Å². The molecule has 13 heavy (non-hydrogen) atoms. The largest absolute Gasteiger partial charge is 0.425 e. The highest BCUT2D eigenvalue weighted by molar-refractivity contribution is 5.74. The molecule has 0 aromatic heterocycles. The van der Waals surface area contributed by atoms with Crippen molar-refractivity contribution < 1.29 is 18.3 Å². The summed E-state index contributed by atoms with van der Waals surface area (Å²) in [6, 6.07) is 2.48. The number of ether oxygens (including phenoxy) is 1. The van der Waals surface area contributed by atoms with Crippen LogP contribution in [0.25, 0.3) is 0 Å². The van der Waals surface area contributed by atoms with Crippen LogP contribution < -0.4 is 10.5 Å². The first-order valence-electron chi connectivity index (χ1n) is 3.48. The number of nitrogens with two attached hydrogens (primary N) is 1. The maximum absolute atomic E-state index is 12.5. The van der Waals surface area contributed by atoms with Gasteiger partial charge in [0.05, 0.1) is 6.54 Å². The minimum atomic E-state index is -0.806. The van der Waals surface area contributed by atoms with Gasteiger partial charge in [0.1, 0.15) is 17.4 Å². The van der Waals surface area contributed by atoms with E-state index < -0.39 is 17.6 Å². The number of rotatable bonds is 2. The molecule has 0 atom stereocenters. The molecule has 70 valence electrons. The highest BCUT2D eigenvalue weighted by atomic mass is 19.1. The molecule has 0 aliphatic heterocycles. The van der Waals surface area contributed by atoms with E-state index >= 15 is 0 Å². The second kappa shape index (κ2) is 3.95. The van der Waals surface area contributed by atoms with Crippen LogP contribution in [-0.4, -0.2) is 12.5 Å². The molecule has 3 nitrogen and oxygen atoms in total. The Morgan fingerprint density at radius 1 is 1.31 bits per heavy atom. The monoisotopic (exact) mass is 187 g/mol. The molecule has 0 unspecified atom stereocenters. The first-order chi connectivity index (χ1) is 6.11. The summed E-state index contributed by atoms with van der Waals surface area (Å²) in [5.41, 5.74) is 4.93. The Bertz CT molecular complexity index is 308. The van der Waals surface area contributed by atoms with Gasteiger partial charge in [0.25, 0.3) is 0 Å². The van der Waals surface area contributed by atoms with Crippen LogP contribution in [0.5, 0.6) is 5.75 Å². The fourth-order valence-corrected chi connectivity index (χ4v) is 0.761. The second-order valence-corrected chi connectivity index (χ2v) is 2.28. The first-order valence-corrected chi connectivity index (χ1v) is 3.48. The number of carbonyl (C=O) groups is 1. The molecule has 0 radical (unpaired) electrons. The zero-order chi connectivity index (χ0) is 9.84. The van der Waals surface area contributed by atoms with Crippen molar-refractivity contribution in [1.82, 2.24) is 0 Å². The lowest BCUT2D eigenvalue weighted by Gasteiger charge is -2.01. The summed E-state index contributed by atoms with van der Waals surface area (Å²) in [4.78, 5) is 10.6. The van der Waals surface area contributed by atoms with Gasteiger partial charge in [-0.1, -0.05) is 0 Å². The van der Waals surface area contributed by atoms with E-state index in [-0.39, 0.29) is 12.3 Å². The van der Waals surface area contributed by atoms with Crippen molar-refractivity contribution in [3.63, 3.8) is 0 Å². The lowest BCUT2D eigenvalue weighted by Crippen LogP contribution is -2.19. The topological polar surface area (TPSA) is 52.3 Å². The Morgan fingerprint density at radius 2 is 1.85 bits per heavy atom. The van der Waals surface area contributed by atoms with Gasteiger partial charge in [0, 0.05) is 18.2 Å². The van der Waals surface area contributed by atoms with Gasteiger partial charge in [-0.3, -0.25) is 4.79 Å². The third-order valence-electron chi connectivity index (χ3n) is 1.23. The molecule has 0 spiro atoms. The van der Waals surface area contributed by atoms with Crippen molar-refractivity contribution in [2.24, 2.45) is 5.73 Å². The summed E-state index contributed by atoms with van der Waals surface area (Å²) in [7, 11) is 0. The molecule has 0 amide bonds. The highest BCUT2D eigenvalue weighted by Gasteiger charge is 2.05. The van der Waals surface area contributed by atoms with Crippen LogP contribution in [0.4, 0.5) is 8.78 Å². The van der Waals surface area contributed by atoms with Crippen LogP contribution in [0.3, 0.4) is 0 Å². The van der Waals surface area contributed by atoms with Gasteiger partial charge in [-0.2, -0.15) is 0 Å². The molecular weight excluding hydrogens is 180 g/mol.